The Morgan fingerprint density at radius 2 is 1.81 bits per heavy atom. The molecule has 1 fully saturated rings. The van der Waals surface area contributed by atoms with Crippen molar-refractivity contribution in [3.63, 3.8) is 0 Å². The van der Waals surface area contributed by atoms with E-state index in [1.807, 2.05) is 45.0 Å². The Labute approximate surface area is 209 Å². The Morgan fingerprint density at radius 1 is 0.972 bits per heavy atom. The number of benzene rings is 1. The summed E-state index contributed by atoms with van der Waals surface area (Å²) in [5.41, 5.74) is 3.31. The maximum atomic E-state index is 13.0. The van der Waals surface area contributed by atoms with Gasteiger partial charge in [-0.1, -0.05) is 12.1 Å². The quantitative estimate of drug-likeness (QED) is 0.419. The Hall–Kier alpha value is -4.40. The third kappa shape index (κ3) is 5.30. The molecule has 0 saturated heterocycles. The van der Waals surface area contributed by atoms with Gasteiger partial charge in [-0.15, -0.1) is 10.2 Å². The van der Waals surface area contributed by atoms with E-state index in [0.29, 0.717) is 17.3 Å². The van der Waals surface area contributed by atoms with Gasteiger partial charge in [-0.3, -0.25) is 19.6 Å². The monoisotopic (exact) mass is 481 g/mol. The molecule has 0 aliphatic heterocycles. The highest BCUT2D eigenvalue weighted by atomic mass is 16.2. The molecule has 2 N–H and O–H groups in total. The molecule has 0 atom stereocenters. The average molecular weight is 482 g/mol. The third-order valence-electron chi connectivity index (χ3n) is 5.71. The predicted octanol–water partition coefficient (Wildman–Crippen LogP) is 4.52. The van der Waals surface area contributed by atoms with E-state index in [4.69, 9.17) is 0 Å². The summed E-state index contributed by atoms with van der Waals surface area (Å²) >= 11 is 0. The lowest BCUT2D eigenvalue weighted by molar-refractivity contribution is 0.0918. The van der Waals surface area contributed by atoms with Gasteiger partial charge in [-0.05, 0) is 69.5 Å². The van der Waals surface area contributed by atoms with Crippen molar-refractivity contribution >= 4 is 17.5 Å². The Kier molecular flexibility index (Phi) is 6.05. The molecule has 1 saturated carbocycles. The van der Waals surface area contributed by atoms with Crippen molar-refractivity contribution in [1.29, 1.82) is 0 Å². The van der Waals surface area contributed by atoms with Gasteiger partial charge in [0.1, 0.15) is 12.0 Å². The van der Waals surface area contributed by atoms with Crippen molar-refractivity contribution in [2.75, 3.05) is 5.32 Å². The summed E-state index contributed by atoms with van der Waals surface area (Å²) in [7, 11) is 0. The van der Waals surface area contributed by atoms with Crippen molar-refractivity contribution in [1.82, 2.24) is 30.0 Å². The van der Waals surface area contributed by atoms with E-state index < -0.39 is 0 Å². The van der Waals surface area contributed by atoms with Crippen LogP contribution in [0.5, 0.6) is 0 Å². The smallest absolute Gasteiger partial charge is 0.274 e. The summed E-state index contributed by atoms with van der Waals surface area (Å²) in [5.74, 6) is 0.241. The zero-order chi connectivity index (χ0) is 25.3. The zero-order valence-corrected chi connectivity index (χ0v) is 20.4. The molecule has 1 aromatic carbocycles. The SMILES string of the molecule is CC(C)(C)NC(=O)c1cncc(-c2ccnc(C(=O)Nc3cccc(-c4nncn4C4CC4)c3)c2)c1. The number of hydrogen-bond donors (Lipinski definition) is 2. The molecule has 0 radical (unpaired) electrons. The van der Waals surface area contributed by atoms with Crippen LogP contribution < -0.4 is 10.6 Å². The van der Waals surface area contributed by atoms with Gasteiger partial charge < -0.3 is 15.2 Å². The molecule has 3 heterocycles. The van der Waals surface area contributed by atoms with Gasteiger partial charge in [0.25, 0.3) is 11.8 Å². The highest BCUT2D eigenvalue weighted by molar-refractivity contribution is 6.04. The lowest BCUT2D eigenvalue weighted by Crippen LogP contribution is -2.40. The topological polar surface area (TPSA) is 115 Å². The van der Waals surface area contributed by atoms with Gasteiger partial charge in [0.2, 0.25) is 0 Å². The van der Waals surface area contributed by atoms with Crippen LogP contribution >= 0.6 is 0 Å². The lowest BCUT2D eigenvalue weighted by Gasteiger charge is -2.20. The van der Waals surface area contributed by atoms with Crippen molar-refractivity contribution in [2.24, 2.45) is 0 Å². The van der Waals surface area contributed by atoms with Crippen LogP contribution in [-0.2, 0) is 0 Å². The minimum Gasteiger partial charge on any atom is -0.347 e. The van der Waals surface area contributed by atoms with Crippen LogP contribution in [0, 0.1) is 0 Å². The molecule has 0 unspecified atom stereocenters. The number of nitrogens with one attached hydrogen (secondary N) is 2. The fraction of sp³-hybridized carbons (Fsp3) is 0.259. The number of carbonyl (C=O) groups is 2. The molecule has 2 amide bonds. The van der Waals surface area contributed by atoms with E-state index in [9.17, 15) is 9.59 Å². The molecule has 1 aliphatic rings. The van der Waals surface area contributed by atoms with E-state index in [-0.39, 0.29) is 23.0 Å². The zero-order valence-electron chi connectivity index (χ0n) is 20.4. The number of amides is 2. The second-order valence-electron chi connectivity index (χ2n) is 9.92. The normalized spacial score (nSPS) is 13.3. The molecule has 36 heavy (non-hydrogen) atoms. The second kappa shape index (κ2) is 9.33. The number of carbonyl (C=O) groups excluding carboxylic acids is 2. The molecule has 182 valence electrons. The maximum Gasteiger partial charge on any atom is 0.274 e. The first kappa shape index (κ1) is 23.3. The van der Waals surface area contributed by atoms with Gasteiger partial charge >= 0.3 is 0 Å². The number of anilines is 1. The van der Waals surface area contributed by atoms with Crippen LogP contribution in [-0.4, -0.2) is 42.1 Å². The molecule has 1 aliphatic carbocycles. The first-order chi connectivity index (χ1) is 17.3. The summed E-state index contributed by atoms with van der Waals surface area (Å²) in [4.78, 5) is 34.0. The van der Waals surface area contributed by atoms with Crippen LogP contribution in [0.1, 0.15) is 60.5 Å². The highest BCUT2D eigenvalue weighted by Crippen LogP contribution is 2.37. The van der Waals surface area contributed by atoms with Gasteiger partial charge in [0.15, 0.2) is 5.82 Å². The number of pyridine rings is 2. The van der Waals surface area contributed by atoms with Crippen LogP contribution in [0.25, 0.3) is 22.5 Å². The van der Waals surface area contributed by atoms with Gasteiger partial charge in [0, 0.05) is 47.0 Å². The van der Waals surface area contributed by atoms with Gasteiger partial charge in [-0.2, -0.15) is 0 Å². The van der Waals surface area contributed by atoms with Crippen LogP contribution in [0.15, 0.2) is 67.4 Å². The first-order valence-corrected chi connectivity index (χ1v) is 11.8. The maximum absolute atomic E-state index is 13.0. The number of aromatic nitrogens is 5. The van der Waals surface area contributed by atoms with Crippen LogP contribution in [0.3, 0.4) is 0 Å². The molecule has 0 spiro atoms. The third-order valence-corrected chi connectivity index (χ3v) is 5.71. The molecule has 9 heteroatoms. The predicted molar refractivity (Wildman–Crippen MR) is 136 cm³/mol. The number of nitrogens with zero attached hydrogens (tertiary/aromatic N) is 5. The van der Waals surface area contributed by atoms with E-state index in [1.54, 1.807) is 36.9 Å². The second-order valence-corrected chi connectivity index (χ2v) is 9.92. The Bertz CT molecular complexity index is 1430. The summed E-state index contributed by atoms with van der Waals surface area (Å²) in [6.07, 6.45) is 8.76. The molecular weight excluding hydrogens is 454 g/mol. The molecule has 5 rings (SSSR count). The van der Waals surface area contributed by atoms with Crippen molar-refractivity contribution in [2.45, 2.75) is 45.2 Å². The van der Waals surface area contributed by atoms with Crippen LogP contribution in [0.4, 0.5) is 5.69 Å². The van der Waals surface area contributed by atoms with Gasteiger partial charge in [-0.25, -0.2) is 0 Å². The highest BCUT2D eigenvalue weighted by Gasteiger charge is 2.26. The Morgan fingerprint density at radius 3 is 2.58 bits per heavy atom. The standard InChI is InChI=1S/C27H27N7O2/c1-27(2,3)32-25(35)20-11-19(14-28-15-20)17-9-10-29-23(13-17)26(36)31-21-6-4-5-18(12-21)24-33-30-16-34(24)22-7-8-22/h4-6,9-16,22H,7-8H2,1-3H3,(H,31,36)(H,32,35). The average Bonchev–Trinajstić information content (AvgIpc) is 3.59. The minimum absolute atomic E-state index is 0.207. The van der Waals surface area contributed by atoms with Crippen LogP contribution in [0.2, 0.25) is 0 Å². The van der Waals surface area contributed by atoms with Crippen molar-refractivity contribution in [3.05, 3.63) is 78.6 Å². The summed E-state index contributed by atoms with van der Waals surface area (Å²) in [6.45, 7) is 5.76. The summed E-state index contributed by atoms with van der Waals surface area (Å²) in [5, 5.41) is 14.2. The minimum atomic E-state index is -0.361. The molecule has 3 aromatic heterocycles. The van der Waals surface area contributed by atoms with E-state index in [0.717, 1.165) is 35.4 Å². The Balaban J connectivity index is 1.34. The van der Waals surface area contributed by atoms with Crippen molar-refractivity contribution in [3.8, 4) is 22.5 Å². The molecule has 9 nitrogen and oxygen atoms in total. The fourth-order valence-electron chi connectivity index (χ4n) is 3.87. The van der Waals surface area contributed by atoms with E-state index in [2.05, 4.69) is 35.4 Å². The number of rotatable bonds is 6. The van der Waals surface area contributed by atoms with E-state index >= 15 is 0 Å². The fourth-order valence-corrected chi connectivity index (χ4v) is 3.87. The van der Waals surface area contributed by atoms with Crippen molar-refractivity contribution < 1.29 is 9.59 Å². The lowest BCUT2D eigenvalue weighted by atomic mass is 10.0. The largest absolute Gasteiger partial charge is 0.347 e. The van der Waals surface area contributed by atoms with Gasteiger partial charge in [0.05, 0.1) is 5.56 Å². The first-order valence-electron chi connectivity index (χ1n) is 11.8. The summed E-state index contributed by atoms with van der Waals surface area (Å²) in [6, 6.07) is 13.2. The summed E-state index contributed by atoms with van der Waals surface area (Å²) < 4.78 is 2.08. The van der Waals surface area contributed by atoms with E-state index in [1.165, 1.54) is 6.20 Å². The number of hydrogen-bond acceptors (Lipinski definition) is 6. The molecule has 0 bridgehead atoms. The molecule has 4 aromatic rings. The molecular formula is C27H27N7O2.